The molecule has 21 heavy (non-hydrogen) atoms. The van der Waals surface area contributed by atoms with E-state index in [1.54, 1.807) is 19.9 Å². The highest BCUT2D eigenvalue weighted by molar-refractivity contribution is 8.13. The Bertz CT molecular complexity index is 603. The van der Waals surface area contributed by atoms with Gasteiger partial charge in [-0.1, -0.05) is 6.07 Å². The van der Waals surface area contributed by atoms with E-state index in [-0.39, 0.29) is 29.2 Å². The van der Waals surface area contributed by atoms with E-state index in [1.807, 2.05) is 0 Å². The first-order valence-corrected chi connectivity index (χ1v) is 8.51. The highest BCUT2D eigenvalue weighted by atomic mass is 35.7. The Morgan fingerprint density at radius 2 is 2.10 bits per heavy atom. The SMILES string of the molecule is COCC(C)NC(=O)COc1ccc(C)cc1S(=O)(=O)Cl. The van der Waals surface area contributed by atoms with Crippen LogP contribution in [-0.4, -0.2) is 40.7 Å². The van der Waals surface area contributed by atoms with Gasteiger partial charge in [-0.2, -0.15) is 0 Å². The van der Waals surface area contributed by atoms with Gasteiger partial charge in [-0.3, -0.25) is 4.79 Å². The molecule has 0 aliphatic heterocycles. The molecule has 1 aromatic carbocycles. The van der Waals surface area contributed by atoms with Crippen LogP contribution in [0.4, 0.5) is 0 Å². The molecule has 0 aromatic heterocycles. The molecule has 0 radical (unpaired) electrons. The zero-order valence-corrected chi connectivity index (χ0v) is 13.6. The number of rotatable bonds is 7. The van der Waals surface area contributed by atoms with Gasteiger partial charge in [-0.05, 0) is 31.5 Å². The molecule has 1 unspecified atom stereocenters. The first-order chi connectivity index (χ1) is 9.74. The van der Waals surface area contributed by atoms with Crippen molar-refractivity contribution in [3.8, 4) is 5.75 Å². The summed E-state index contributed by atoms with van der Waals surface area (Å²) in [5.41, 5.74) is 0.722. The number of benzene rings is 1. The van der Waals surface area contributed by atoms with Crippen LogP contribution in [0.2, 0.25) is 0 Å². The first-order valence-electron chi connectivity index (χ1n) is 6.20. The maximum Gasteiger partial charge on any atom is 0.264 e. The summed E-state index contributed by atoms with van der Waals surface area (Å²) in [7, 11) is 2.94. The Morgan fingerprint density at radius 1 is 1.43 bits per heavy atom. The van der Waals surface area contributed by atoms with E-state index in [0.717, 1.165) is 5.56 Å². The van der Waals surface area contributed by atoms with E-state index in [4.69, 9.17) is 20.2 Å². The summed E-state index contributed by atoms with van der Waals surface area (Å²) in [5.74, 6) is -0.330. The Labute approximate surface area is 128 Å². The van der Waals surface area contributed by atoms with Crippen molar-refractivity contribution in [2.24, 2.45) is 0 Å². The minimum atomic E-state index is -3.94. The summed E-state index contributed by atoms with van der Waals surface area (Å²) in [4.78, 5) is 11.5. The lowest BCUT2D eigenvalue weighted by Gasteiger charge is -2.14. The van der Waals surface area contributed by atoms with Gasteiger partial charge in [-0.15, -0.1) is 0 Å². The third-order valence-electron chi connectivity index (χ3n) is 2.54. The molecule has 0 saturated carbocycles. The predicted molar refractivity (Wildman–Crippen MR) is 79.2 cm³/mol. The minimum Gasteiger partial charge on any atom is -0.482 e. The number of hydrogen-bond donors (Lipinski definition) is 1. The van der Waals surface area contributed by atoms with Crippen LogP contribution in [-0.2, 0) is 18.6 Å². The zero-order valence-electron chi connectivity index (χ0n) is 12.1. The van der Waals surface area contributed by atoms with Gasteiger partial charge >= 0.3 is 0 Å². The average molecular weight is 336 g/mol. The fourth-order valence-electron chi connectivity index (χ4n) is 1.68. The maximum absolute atomic E-state index is 11.7. The number of nitrogens with one attached hydrogen (secondary N) is 1. The molecule has 8 heteroatoms. The molecule has 1 aromatic rings. The largest absolute Gasteiger partial charge is 0.482 e. The Balaban J connectivity index is 2.74. The summed E-state index contributed by atoms with van der Waals surface area (Å²) >= 11 is 0. The van der Waals surface area contributed by atoms with Crippen molar-refractivity contribution in [3.63, 3.8) is 0 Å². The van der Waals surface area contributed by atoms with Gasteiger partial charge in [-0.25, -0.2) is 8.42 Å². The van der Waals surface area contributed by atoms with E-state index in [2.05, 4.69) is 5.32 Å². The molecule has 1 atom stereocenters. The Morgan fingerprint density at radius 3 is 2.67 bits per heavy atom. The van der Waals surface area contributed by atoms with Crippen molar-refractivity contribution in [1.29, 1.82) is 0 Å². The van der Waals surface area contributed by atoms with Crippen LogP contribution < -0.4 is 10.1 Å². The van der Waals surface area contributed by atoms with Crippen molar-refractivity contribution in [3.05, 3.63) is 23.8 Å². The molecular weight excluding hydrogens is 318 g/mol. The number of carbonyl (C=O) groups is 1. The second-order valence-corrected chi connectivity index (χ2v) is 7.13. The molecule has 0 saturated heterocycles. The first kappa shape index (κ1) is 17.7. The molecule has 118 valence electrons. The summed E-state index contributed by atoms with van der Waals surface area (Å²) in [6.07, 6.45) is 0. The number of aryl methyl sites for hydroxylation is 1. The van der Waals surface area contributed by atoms with Gasteiger partial charge in [0.05, 0.1) is 6.61 Å². The predicted octanol–water partition coefficient (Wildman–Crippen LogP) is 1.45. The van der Waals surface area contributed by atoms with Crippen molar-refractivity contribution in [2.75, 3.05) is 20.3 Å². The molecular formula is C13H18ClNO5S. The highest BCUT2D eigenvalue weighted by Crippen LogP contribution is 2.27. The van der Waals surface area contributed by atoms with Crippen LogP contribution in [0.1, 0.15) is 12.5 Å². The monoisotopic (exact) mass is 335 g/mol. The third-order valence-corrected chi connectivity index (χ3v) is 3.89. The van der Waals surface area contributed by atoms with E-state index < -0.39 is 9.05 Å². The number of methoxy groups -OCH3 is 1. The van der Waals surface area contributed by atoms with Crippen molar-refractivity contribution in [2.45, 2.75) is 24.8 Å². The van der Waals surface area contributed by atoms with Crippen molar-refractivity contribution < 1.29 is 22.7 Å². The Kier molecular flexibility index (Phi) is 6.44. The summed E-state index contributed by atoms with van der Waals surface area (Å²) in [5, 5.41) is 2.65. The standard InChI is InChI=1S/C13H18ClNO5S/c1-9-4-5-11(12(6-9)21(14,17)18)20-8-13(16)15-10(2)7-19-3/h4-6,10H,7-8H2,1-3H3,(H,15,16). The van der Waals surface area contributed by atoms with Gasteiger partial charge < -0.3 is 14.8 Å². The average Bonchev–Trinajstić information content (AvgIpc) is 2.36. The van der Waals surface area contributed by atoms with E-state index >= 15 is 0 Å². The molecule has 0 aliphatic carbocycles. The number of hydrogen-bond acceptors (Lipinski definition) is 5. The lowest BCUT2D eigenvalue weighted by Crippen LogP contribution is -2.38. The van der Waals surface area contributed by atoms with Crippen molar-refractivity contribution >= 4 is 25.6 Å². The van der Waals surface area contributed by atoms with Crippen LogP contribution in [0.5, 0.6) is 5.75 Å². The van der Waals surface area contributed by atoms with Gasteiger partial charge in [0.1, 0.15) is 10.6 Å². The summed E-state index contributed by atoms with van der Waals surface area (Å²) in [6, 6.07) is 4.37. The minimum absolute atomic E-state index is 0.0464. The van der Waals surface area contributed by atoms with E-state index in [1.165, 1.54) is 19.2 Å². The second-order valence-electron chi connectivity index (χ2n) is 4.60. The van der Waals surface area contributed by atoms with E-state index in [0.29, 0.717) is 6.61 Å². The highest BCUT2D eigenvalue weighted by Gasteiger charge is 2.18. The van der Waals surface area contributed by atoms with Crippen LogP contribution in [0, 0.1) is 6.92 Å². The quantitative estimate of drug-likeness (QED) is 0.763. The van der Waals surface area contributed by atoms with Crippen LogP contribution >= 0.6 is 10.7 Å². The van der Waals surface area contributed by atoms with Gasteiger partial charge in [0.2, 0.25) is 0 Å². The lowest BCUT2D eigenvalue weighted by molar-refractivity contribution is -0.124. The van der Waals surface area contributed by atoms with E-state index in [9.17, 15) is 13.2 Å². The fraction of sp³-hybridized carbons (Fsp3) is 0.462. The fourth-order valence-corrected chi connectivity index (χ4v) is 2.73. The van der Waals surface area contributed by atoms with Gasteiger partial charge in [0.15, 0.2) is 6.61 Å². The summed E-state index contributed by atoms with van der Waals surface area (Å²) in [6.45, 7) is 3.57. The number of amides is 1. The number of carbonyl (C=O) groups excluding carboxylic acids is 1. The molecule has 0 aliphatic rings. The maximum atomic E-state index is 11.7. The van der Waals surface area contributed by atoms with Crippen LogP contribution in [0.15, 0.2) is 23.1 Å². The van der Waals surface area contributed by atoms with Gasteiger partial charge in [0.25, 0.3) is 15.0 Å². The Hall–Kier alpha value is -1.31. The third kappa shape index (κ3) is 5.91. The molecule has 6 nitrogen and oxygen atoms in total. The molecule has 0 bridgehead atoms. The normalized spacial score (nSPS) is 12.8. The van der Waals surface area contributed by atoms with Crippen molar-refractivity contribution in [1.82, 2.24) is 5.32 Å². The molecule has 0 fully saturated rings. The number of ether oxygens (including phenoxy) is 2. The molecule has 0 heterocycles. The molecule has 1 rings (SSSR count). The zero-order chi connectivity index (χ0) is 16.0. The van der Waals surface area contributed by atoms with Crippen LogP contribution in [0.3, 0.4) is 0 Å². The number of halogens is 1. The lowest BCUT2D eigenvalue weighted by atomic mass is 10.2. The molecule has 1 amide bonds. The molecule has 1 N–H and O–H groups in total. The summed E-state index contributed by atoms with van der Waals surface area (Å²) < 4.78 is 33.1. The van der Waals surface area contributed by atoms with Gasteiger partial charge in [0, 0.05) is 23.8 Å². The molecule has 0 spiro atoms. The second kappa shape index (κ2) is 7.63. The van der Waals surface area contributed by atoms with Crippen LogP contribution in [0.25, 0.3) is 0 Å². The smallest absolute Gasteiger partial charge is 0.264 e. The topological polar surface area (TPSA) is 81.7 Å².